The molecule has 0 saturated heterocycles. The van der Waals surface area contributed by atoms with Crippen LogP contribution >= 0.6 is 0 Å². The van der Waals surface area contributed by atoms with Crippen molar-refractivity contribution in [2.75, 3.05) is 6.54 Å². The predicted molar refractivity (Wildman–Crippen MR) is 76.4 cm³/mol. The van der Waals surface area contributed by atoms with E-state index in [9.17, 15) is 4.39 Å². The summed E-state index contributed by atoms with van der Waals surface area (Å²) < 4.78 is 13.2. The molecule has 1 atom stereocenters. The van der Waals surface area contributed by atoms with Crippen molar-refractivity contribution in [3.63, 3.8) is 0 Å². The molecule has 1 N–H and O–H groups in total. The van der Waals surface area contributed by atoms with Gasteiger partial charge in [-0.05, 0) is 55.8 Å². The third kappa shape index (κ3) is 4.77. The lowest BCUT2D eigenvalue weighted by Gasteiger charge is -2.22. The van der Waals surface area contributed by atoms with Crippen molar-refractivity contribution in [3.05, 3.63) is 35.1 Å². The van der Waals surface area contributed by atoms with E-state index in [1.807, 2.05) is 19.1 Å². The Hall–Kier alpha value is -0.890. The van der Waals surface area contributed by atoms with Crippen LogP contribution in [0.25, 0.3) is 0 Å². The van der Waals surface area contributed by atoms with Gasteiger partial charge in [0.1, 0.15) is 5.82 Å². The summed E-state index contributed by atoms with van der Waals surface area (Å²) in [6.07, 6.45) is 3.29. The van der Waals surface area contributed by atoms with Crippen molar-refractivity contribution >= 4 is 0 Å². The van der Waals surface area contributed by atoms with Crippen molar-refractivity contribution < 1.29 is 4.39 Å². The fourth-order valence-corrected chi connectivity index (χ4v) is 2.19. The van der Waals surface area contributed by atoms with E-state index in [4.69, 9.17) is 0 Å². The third-order valence-electron chi connectivity index (χ3n) is 3.43. The summed E-state index contributed by atoms with van der Waals surface area (Å²) in [5.41, 5.74) is 1.98. The van der Waals surface area contributed by atoms with Crippen LogP contribution in [0.1, 0.15) is 44.7 Å². The van der Waals surface area contributed by atoms with Crippen molar-refractivity contribution in [1.82, 2.24) is 5.32 Å². The zero-order chi connectivity index (χ0) is 13.5. The molecule has 102 valence electrons. The second-order valence-electron chi connectivity index (χ2n) is 5.43. The molecule has 0 saturated carbocycles. The second kappa shape index (κ2) is 7.52. The number of hydrogen-bond acceptors (Lipinski definition) is 1. The van der Waals surface area contributed by atoms with E-state index in [0.717, 1.165) is 24.9 Å². The molecule has 18 heavy (non-hydrogen) atoms. The van der Waals surface area contributed by atoms with E-state index in [-0.39, 0.29) is 5.82 Å². The largest absolute Gasteiger partial charge is 0.314 e. The predicted octanol–water partition coefficient (Wildman–Crippen LogP) is 4.09. The molecule has 1 unspecified atom stereocenters. The molecular formula is C16H26FN. The van der Waals surface area contributed by atoms with Crippen LogP contribution in [-0.2, 0) is 6.42 Å². The number of halogens is 1. The minimum absolute atomic E-state index is 0.108. The SMILES string of the molecule is CCCNC(CCc1ccc(F)c(C)c1)C(C)C. The Balaban J connectivity index is 2.52. The van der Waals surface area contributed by atoms with Gasteiger partial charge < -0.3 is 5.32 Å². The number of hydrogen-bond donors (Lipinski definition) is 1. The highest BCUT2D eigenvalue weighted by Gasteiger charge is 2.12. The highest BCUT2D eigenvalue weighted by Crippen LogP contribution is 2.14. The average molecular weight is 251 g/mol. The normalized spacial score (nSPS) is 13.0. The summed E-state index contributed by atoms with van der Waals surface area (Å²) in [5.74, 6) is 0.529. The Morgan fingerprint density at radius 1 is 1.28 bits per heavy atom. The fraction of sp³-hybridized carbons (Fsp3) is 0.625. The summed E-state index contributed by atoms with van der Waals surface area (Å²) in [6, 6.07) is 6.00. The van der Waals surface area contributed by atoms with E-state index < -0.39 is 0 Å². The maximum atomic E-state index is 13.2. The number of nitrogens with one attached hydrogen (secondary N) is 1. The van der Waals surface area contributed by atoms with Gasteiger partial charge in [-0.1, -0.05) is 32.9 Å². The Labute approximate surface area is 111 Å². The molecule has 0 radical (unpaired) electrons. The van der Waals surface area contributed by atoms with Gasteiger partial charge >= 0.3 is 0 Å². The summed E-state index contributed by atoms with van der Waals surface area (Å²) in [5, 5.41) is 3.59. The first-order valence-corrected chi connectivity index (χ1v) is 7.03. The lowest BCUT2D eigenvalue weighted by molar-refractivity contribution is 0.378. The first-order valence-electron chi connectivity index (χ1n) is 7.03. The maximum Gasteiger partial charge on any atom is 0.126 e. The third-order valence-corrected chi connectivity index (χ3v) is 3.43. The van der Waals surface area contributed by atoms with E-state index in [1.165, 1.54) is 12.0 Å². The first-order chi connectivity index (χ1) is 8.54. The smallest absolute Gasteiger partial charge is 0.126 e. The molecule has 0 aliphatic carbocycles. The van der Waals surface area contributed by atoms with Gasteiger partial charge in [0.25, 0.3) is 0 Å². The molecular weight excluding hydrogens is 225 g/mol. The van der Waals surface area contributed by atoms with Gasteiger partial charge in [0.15, 0.2) is 0 Å². The molecule has 1 aromatic carbocycles. The Kier molecular flexibility index (Phi) is 6.34. The number of rotatable bonds is 7. The van der Waals surface area contributed by atoms with Crippen molar-refractivity contribution in [1.29, 1.82) is 0 Å². The molecule has 0 aliphatic rings. The molecule has 2 heteroatoms. The van der Waals surface area contributed by atoms with E-state index >= 15 is 0 Å². The molecule has 1 nitrogen and oxygen atoms in total. The van der Waals surface area contributed by atoms with Gasteiger partial charge in [0.2, 0.25) is 0 Å². The van der Waals surface area contributed by atoms with Gasteiger partial charge in [0.05, 0.1) is 0 Å². The second-order valence-corrected chi connectivity index (χ2v) is 5.43. The minimum atomic E-state index is -0.108. The quantitative estimate of drug-likeness (QED) is 0.769. The molecule has 1 rings (SSSR count). The molecule has 0 spiro atoms. The Bertz CT molecular complexity index is 360. The molecule has 0 aliphatic heterocycles. The Morgan fingerprint density at radius 3 is 2.56 bits per heavy atom. The van der Waals surface area contributed by atoms with Crippen molar-refractivity contribution in [2.24, 2.45) is 5.92 Å². The molecule has 0 bridgehead atoms. The summed E-state index contributed by atoms with van der Waals surface area (Å²) in [4.78, 5) is 0. The van der Waals surface area contributed by atoms with Crippen molar-refractivity contribution in [2.45, 2.75) is 53.0 Å². The van der Waals surface area contributed by atoms with Crippen LogP contribution in [-0.4, -0.2) is 12.6 Å². The molecule has 0 fully saturated rings. The van der Waals surface area contributed by atoms with Crippen LogP contribution in [0.15, 0.2) is 18.2 Å². The van der Waals surface area contributed by atoms with Crippen LogP contribution in [0, 0.1) is 18.7 Å². The van der Waals surface area contributed by atoms with Gasteiger partial charge in [-0.25, -0.2) is 4.39 Å². The van der Waals surface area contributed by atoms with Crippen LogP contribution in [0.4, 0.5) is 4.39 Å². The monoisotopic (exact) mass is 251 g/mol. The molecule has 0 heterocycles. The fourth-order valence-electron chi connectivity index (χ4n) is 2.19. The highest BCUT2D eigenvalue weighted by molar-refractivity contribution is 5.24. The number of benzene rings is 1. The molecule has 0 aromatic heterocycles. The number of aryl methyl sites for hydroxylation is 2. The zero-order valence-electron chi connectivity index (χ0n) is 12.1. The topological polar surface area (TPSA) is 12.0 Å². The van der Waals surface area contributed by atoms with Gasteiger partial charge in [-0.3, -0.25) is 0 Å². The summed E-state index contributed by atoms with van der Waals surface area (Å²) >= 11 is 0. The standard InChI is InChI=1S/C16H26FN/c1-5-10-18-16(12(2)3)9-7-14-6-8-15(17)13(4)11-14/h6,8,11-12,16,18H,5,7,9-10H2,1-4H3. The maximum absolute atomic E-state index is 13.2. The van der Waals surface area contributed by atoms with Crippen molar-refractivity contribution in [3.8, 4) is 0 Å². The minimum Gasteiger partial charge on any atom is -0.314 e. The van der Waals surface area contributed by atoms with Crippen LogP contribution < -0.4 is 5.32 Å². The lowest BCUT2D eigenvalue weighted by Crippen LogP contribution is -2.34. The van der Waals surface area contributed by atoms with Gasteiger partial charge in [-0.2, -0.15) is 0 Å². The first kappa shape index (κ1) is 15.2. The molecule has 0 amide bonds. The summed E-state index contributed by atoms with van der Waals surface area (Å²) in [6.45, 7) is 9.60. The zero-order valence-corrected chi connectivity index (χ0v) is 12.1. The van der Waals surface area contributed by atoms with E-state index in [0.29, 0.717) is 12.0 Å². The highest BCUT2D eigenvalue weighted by atomic mass is 19.1. The van der Waals surface area contributed by atoms with E-state index in [2.05, 4.69) is 26.1 Å². The lowest BCUT2D eigenvalue weighted by atomic mass is 9.96. The van der Waals surface area contributed by atoms with Crippen LogP contribution in [0.2, 0.25) is 0 Å². The van der Waals surface area contributed by atoms with Gasteiger partial charge in [0, 0.05) is 6.04 Å². The Morgan fingerprint density at radius 2 is 2.00 bits per heavy atom. The average Bonchev–Trinajstić information content (AvgIpc) is 2.33. The van der Waals surface area contributed by atoms with Crippen LogP contribution in [0.5, 0.6) is 0 Å². The van der Waals surface area contributed by atoms with Gasteiger partial charge in [-0.15, -0.1) is 0 Å². The molecule has 1 aromatic rings. The van der Waals surface area contributed by atoms with E-state index in [1.54, 1.807) is 6.07 Å². The summed E-state index contributed by atoms with van der Waals surface area (Å²) in [7, 11) is 0. The van der Waals surface area contributed by atoms with Crippen LogP contribution in [0.3, 0.4) is 0 Å².